The zero-order chi connectivity index (χ0) is 15.3. The molecule has 0 bridgehead atoms. The average molecular weight is 314 g/mol. The summed E-state index contributed by atoms with van der Waals surface area (Å²) in [6, 6.07) is -0.664. The lowest BCUT2D eigenvalue weighted by Crippen LogP contribution is -2.47. The fraction of sp³-hybridized carbons (Fsp3) is 0.909. The number of carbonyl (C=O) groups is 1. The lowest BCUT2D eigenvalue weighted by molar-refractivity contribution is -0.150. The van der Waals surface area contributed by atoms with E-state index in [9.17, 15) is 26.4 Å². The van der Waals surface area contributed by atoms with Crippen molar-refractivity contribution >= 4 is 15.7 Å². The van der Waals surface area contributed by atoms with Crippen molar-refractivity contribution in [1.82, 2.24) is 4.90 Å². The molecule has 2 aliphatic rings. The molecule has 2 fully saturated rings. The number of halogens is 3. The van der Waals surface area contributed by atoms with Crippen LogP contribution in [-0.2, 0) is 14.6 Å². The van der Waals surface area contributed by atoms with Crippen LogP contribution in [0.4, 0.5) is 13.2 Å². The normalized spacial score (nSPS) is 35.2. The molecule has 1 aliphatic heterocycles. The minimum atomic E-state index is -4.54. The second kappa shape index (κ2) is 4.59. The first-order valence-electron chi connectivity index (χ1n) is 6.29. The van der Waals surface area contributed by atoms with E-state index in [1.807, 2.05) is 0 Å². The minimum Gasteiger partial charge on any atom is -0.368 e. The highest BCUT2D eigenvalue weighted by Crippen LogP contribution is 2.58. The quantitative estimate of drug-likeness (QED) is 0.809. The van der Waals surface area contributed by atoms with Crippen LogP contribution < -0.4 is 5.73 Å². The molecule has 1 heterocycles. The van der Waals surface area contributed by atoms with E-state index >= 15 is 0 Å². The molecule has 0 radical (unpaired) electrons. The number of nitrogens with zero attached hydrogens (tertiary/aromatic N) is 1. The fourth-order valence-electron chi connectivity index (χ4n) is 3.08. The number of nitrogens with two attached hydrogens (primary N) is 1. The highest BCUT2D eigenvalue weighted by Gasteiger charge is 2.72. The molecule has 1 aliphatic carbocycles. The van der Waals surface area contributed by atoms with Crippen LogP contribution in [0.3, 0.4) is 0 Å². The third-order valence-electron chi connectivity index (χ3n) is 4.32. The second-order valence-electron chi connectivity index (χ2n) is 5.67. The van der Waals surface area contributed by atoms with Crippen LogP contribution in [0, 0.1) is 5.92 Å². The Bertz CT molecular complexity index is 519. The maximum Gasteiger partial charge on any atom is 0.393 e. The number of alkyl halides is 3. The molecule has 20 heavy (non-hydrogen) atoms. The van der Waals surface area contributed by atoms with Crippen molar-refractivity contribution in [2.75, 3.05) is 19.3 Å². The lowest BCUT2D eigenvalue weighted by atomic mass is 10.2. The van der Waals surface area contributed by atoms with Gasteiger partial charge in [0.2, 0.25) is 5.91 Å². The Morgan fingerprint density at radius 3 is 2.45 bits per heavy atom. The molecule has 2 N–H and O–H groups in total. The minimum absolute atomic E-state index is 0.274. The summed E-state index contributed by atoms with van der Waals surface area (Å²) >= 11 is 0. The van der Waals surface area contributed by atoms with E-state index in [4.69, 9.17) is 5.73 Å². The molecule has 2 rings (SSSR count). The Kier molecular flexibility index (Phi) is 3.57. The van der Waals surface area contributed by atoms with Gasteiger partial charge in [0.1, 0.15) is 0 Å². The Morgan fingerprint density at radius 1 is 1.45 bits per heavy atom. The van der Waals surface area contributed by atoms with Crippen LogP contribution in [-0.4, -0.2) is 55.5 Å². The number of likely N-dealkylation sites (tertiary alicyclic amines) is 1. The van der Waals surface area contributed by atoms with E-state index in [1.54, 1.807) is 0 Å². The molecule has 0 aromatic rings. The molecule has 1 saturated carbocycles. The largest absolute Gasteiger partial charge is 0.393 e. The second-order valence-corrected chi connectivity index (χ2v) is 8.02. The van der Waals surface area contributed by atoms with Crippen LogP contribution in [0.1, 0.15) is 19.3 Å². The molecule has 0 aromatic heterocycles. The number of sulfone groups is 1. The first-order chi connectivity index (χ1) is 8.99. The van der Waals surface area contributed by atoms with Crippen LogP contribution in [0.15, 0.2) is 0 Å². The van der Waals surface area contributed by atoms with E-state index in [2.05, 4.69) is 0 Å². The molecule has 3 atom stereocenters. The molecule has 0 aromatic carbocycles. The number of rotatable bonds is 4. The van der Waals surface area contributed by atoms with Gasteiger partial charge in [-0.1, -0.05) is 0 Å². The van der Waals surface area contributed by atoms with Gasteiger partial charge in [-0.15, -0.1) is 0 Å². The summed E-state index contributed by atoms with van der Waals surface area (Å²) in [6.45, 7) is 0.124. The fourth-order valence-corrected chi connectivity index (χ4v) is 4.60. The highest BCUT2D eigenvalue weighted by molar-refractivity contribution is 7.92. The van der Waals surface area contributed by atoms with Gasteiger partial charge in [0.25, 0.3) is 0 Å². The monoisotopic (exact) mass is 314 g/mol. The average Bonchev–Trinajstić information content (AvgIpc) is 2.81. The van der Waals surface area contributed by atoms with Gasteiger partial charge in [0.15, 0.2) is 9.84 Å². The van der Waals surface area contributed by atoms with Gasteiger partial charge in [0, 0.05) is 12.8 Å². The Morgan fingerprint density at radius 2 is 2.05 bits per heavy atom. The van der Waals surface area contributed by atoms with Crippen molar-refractivity contribution < 1.29 is 26.4 Å². The summed E-state index contributed by atoms with van der Waals surface area (Å²) in [5.74, 6) is -2.46. The maximum absolute atomic E-state index is 12.8. The molecule has 9 heteroatoms. The van der Waals surface area contributed by atoms with Crippen molar-refractivity contribution in [2.45, 2.75) is 36.2 Å². The topological polar surface area (TPSA) is 80.5 Å². The van der Waals surface area contributed by atoms with Gasteiger partial charge in [-0.25, -0.2) is 8.42 Å². The Hall–Kier alpha value is -0.830. The smallest absolute Gasteiger partial charge is 0.368 e. The summed E-state index contributed by atoms with van der Waals surface area (Å²) in [4.78, 5) is 12.7. The van der Waals surface area contributed by atoms with Crippen LogP contribution in [0.25, 0.3) is 0 Å². The number of hydrogen-bond donors (Lipinski definition) is 1. The summed E-state index contributed by atoms with van der Waals surface area (Å²) < 4.78 is 60.2. The van der Waals surface area contributed by atoms with Crippen LogP contribution in [0.2, 0.25) is 0 Å². The molecular weight excluding hydrogens is 297 g/mol. The van der Waals surface area contributed by atoms with Crippen LogP contribution in [0.5, 0.6) is 0 Å². The van der Waals surface area contributed by atoms with Gasteiger partial charge in [0.05, 0.1) is 16.7 Å². The predicted octanol–water partition coefficient (Wildman–Crippen LogP) is 0.302. The predicted molar refractivity (Wildman–Crippen MR) is 65.5 cm³/mol. The first-order valence-corrected chi connectivity index (χ1v) is 8.18. The summed E-state index contributed by atoms with van der Waals surface area (Å²) in [5, 5.41) is 0. The number of hydrogen-bond acceptors (Lipinski definition) is 4. The van der Waals surface area contributed by atoms with E-state index in [0.29, 0.717) is 19.4 Å². The zero-order valence-electron chi connectivity index (χ0n) is 11.0. The van der Waals surface area contributed by atoms with Crippen molar-refractivity contribution in [3.8, 4) is 0 Å². The third kappa shape index (κ3) is 2.52. The standard InChI is InChI=1S/C11H17F3N2O3S/c1-20(18,19)10(5-8(10)11(12,13)14)6-16-4-2-3-7(16)9(15)17/h7-8H,2-6H2,1H3,(H2,15,17)/t7?,8-,10+/m0/s1. The molecule has 116 valence electrons. The lowest BCUT2D eigenvalue weighted by Gasteiger charge is -2.27. The van der Waals surface area contributed by atoms with E-state index in [1.165, 1.54) is 4.90 Å². The van der Waals surface area contributed by atoms with E-state index in [0.717, 1.165) is 6.26 Å². The third-order valence-corrected chi connectivity index (χ3v) is 6.38. The Labute approximate surface area is 115 Å². The van der Waals surface area contributed by atoms with Gasteiger partial charge in [-0.2, -0.15) is 13.2 Å². The van der Waals surface area contributed by atoms with Crippen molar-refractivity contribution in [2.24, 2.45) is 11.7 Å². The van der Waals surface area contributed by atoms with Gasteiger partial charge in [-0.3, -0.25) is 9.69 Å². The number of amides is 1. The van der Waals surface area contributed by atoms with Crippen LogP contribution >= 0.6 is 0 Å². The Balaban J connectivity index is 2.22. The summed E-state index contributed by atoms with van der Waals surface area (Å²) in [5.41, 5.74) is 5.20. The zero-order valence-corrected chi connectivity index (χ0v) is 11.8. The number of carbonyl (C=O) groups excluding carboxylic acids is 1. The summed E-state index contributed by atoms with van der Waals surface area (Å²) in [6.07, 6.45) is -3.05. The van der Waals surface area contributed by atoms with Gasteiger partial charge >= 0.3 is 6.18 Å². The first kappa shape index (κ1) is 15.6. The molecule has 0 spiro atoms. The van der Waals surface area contributed by atoms with E-state index < -0.39 is 45.0 Å². The molecular formula is C11H17F3N2O3S. The van der Waals surface area contributed by atoms with Gasteiger partial charge in [-0.05, 0) is 25.8 Å². The van der Waals surface area contributed by atoms with Crippen molar-refractivity contribution in [3.05, 3.63) is 0 Å². The van der Waals surface area contributed by atoms with Crippen molar-refractivity contribution in [3.63, 3.8) is 0 Å². The van der Waals surface area contributed by atoms with E-state index in [-0.39, 0.29) is 6.54 Å². The maximum atomic E-state index is 12.8. The van der Waals surface area contributed by atoms with Crippen molar-refractivity contribution in [1.29, 1.82) is 0 Å². The number of primary amides is 1. The molecule has 1 saturated heterocycles. The molecule has 1 amide bonds. The molecule has 1 unspecified atom stereocenters. The molecule has 5 nitrogen and oxygen atoms in total. The summed E-state index contributed by atoms with van der Waals surface area (Å²) in [7, 11) is -3.87. The SMILES string of the molecule is CS(=O)(=O)[C@@]1(CN2CCCC2C(N)=O)C[C@@H]1C(F)(F)F. The van der Waals surface area contributed by atoms with Gasteiger partial charge < -0.3 is 5.73 Å². The highest BCUT2D eigenvalue weighted by atomic mass is 32.2.